The van der Waals surface area contributed by atoms with E-state index >= 15 is 0 Å². The number of nitrogens with zero attached hydrogens (tertiary/aromatic N) is 6. The van der Waals surface area contributed by atoms with Crippen molar-refractivity contribution in [2.45, 2.75) is 149 Å². The highest BCUT2D eigenvalue weighted by atomic mass is 32.2. The number of carbonyl (C=O) groups is 6. The Hall–Kier alpha value is -8.88. The molecule has 0 bridgehead atoms. The third-order valence-electron chi connectivity index (χ3n) is 13.0. The zero-order valence-corrected chi connectivity index (χ0v) is 56.8. The maximum absolute atomic E-state index is 12.4. The molecular weight excluding hydrogens is 1300 g/mol. The number of imidazole rings is 1. The summed E-state index contributed by atoms with van der Waals surface area (Å²) >= 11 is 1.11. The van der Waals surface area contributed by atoms with Gasteiger partial charge in [0.1, 0.15) is 18.0 Å². The standard InChI is InChI=1S/C16H24BN3O5S.C14H22BN3O5.C10H13BN2O5.C10H15BN2O4.C9H12N2O3/c1-4-15(19-17(3)23)16(22)18-13(10-26-11(2)21)9-12-5-7-14(8-6-12)20(24)25;1-3-13(17-15(2)21)14(20)16-11(9-19)8-10-4-6-12(7-5-10)18(22)23;1-11(16)12-9(10(14)15)6-7-2-4-8(5-3-7)13(17)18;1-11(15)12-9(7-14)6-8-2-4-10(5-3-8)13(16)17;1-9(2,3)14-8(13)7(12)11-5-4-10-6-11/h5-8,13,15,19,23H,4,9-10H2,1-3H3,(H,18,22);4-7,11,13,17,19,21H,3,8-9H2,1-2H3,(H,16,20);2-5,9,12,16H,6H2,1H3,(H,14,15);2-5,9,12,14-15H,6-7H2,1H3;4-6H,1-3H3/t13-,15+;11-,13+;2*9-;/m1100./s1. The molecule has 34 nitrogen and oxygen atoms in total. The van der Waals surface area contributed by atoms with E-state index in [0.717, 1.165) is 33.0 Å². The van der Waals surface area contributed by atoms with Crippen LogP contribution in [-0.2, 0) is 54.4 Å². The number of nitro groups is 4. The number of aliphatic carboxylic acids is 1. The number of hydrogen-bond acceptors (Lipinski definition) is 27. The summed E-state index contributed by atoms with van der Waals surface area (Å²) in [7, 11) is -3.27. The Labute approximate surface area is 571 Å². The molecule has 4 aromatic carbocycles. The van der Waals surface area contributed by atoms with Crippen LogP contribution in [0.4, 0.5) is 22.7 Å². The first kappa shape index (κ1) is 87.1. The number of nitro benzene ring substituents is 4. The number of carboxylic acids is 1. The van der Waals surface area contributed by atoms with E-state index in [0.29, 0.717) is 43.4 Å². The summed E-state index contributed by atoms with van der Waals surface area (Å²) in [6.07, 6.45) is 6.49. The van der Waals surface area contributed by atoms with Crippen LogP contribution in [0.1, 0.15) is 81.4 Å². The van der Waals surface area contributed by atoms with Gasteiger partial charge in [0, 0.05) is 85.7 Å². The summed E-state index contributed by atoms with van der Waals surface area (Å²) < 4.78 is 5.96. The van der Waals surface area contributed by atoms with Gasteiger partial charge in [0.05, 0.1) is 51.0 Å². The van der Waals surface area contributed by atoms with Crippen molar-refractivity contribution in [1.29, 1.82) is 0 Å². The molecule has 532 valence electrons. The van der Waals surface area contributed by atoms with Gasteiger partial charge in [0.25, 0.3) is 22.7 Å². The lowest BCUT2D eigenvalue weighted by Crippen LogP contribution is -2.52. The molecule has 0 saturated carbocycles. The molecule has 1 heterocycles. The number of aromatic nitrogens is 2. The summed E-state index contributed by atoms with van der Waals surface area (Å²) in [5.74, 6) is -2.88. The van der Waals surface area contributed by atoms with E-state index in [4.69, 9.17) is 25.0 Å². The fraction of sp³-hybridized carbons (Fsp3) is 0.441. The molecule has 0 aliphatic carbocycles. The zero-order valence-electron chi connectivity index (χ0n) is 56.0. The van der Waals surface area contributed by atoms with Crippen molar-refractivity contribution in [1.82, 2.24) is 41.1 Å². The van der Waals surface area contributed by atoms with Gasteiger partial charge in [-0.2, -0.15) is 0 Å². The lowest BCUT2D eigenvalue weighted by Gasteiger charge is -2.23. The van der Waals surface area contributed by atoms with Crippen LogP contribution in [0.3, 0.4) is 0 Å². The van der Waals surface area contributed by atoms with Gasteiger partial charge in [-0.15, -0.1) is 0 Å². The van der Waals surface area contributed by atoms with E-state index in [1.54, 1.807) is 64.0 Å². The van der Waals surface area contributed by atoms with Gasteiger partial charge >= 0.3 is 46.0 Å². The van der Waals surface area contributed by atoms with E-state index in [2.05, 4.69) is 36.5 Å². The van der Waals surface area contributed by atoms with Crippen molar-refractivity contribution < 1.29 is 88.6 Å². The van der Waals surface area contributed by atoms with Crippen LogP contribution in [0.25, 0.3) is 0 Å². The second-order valence-electron chi connectivity index (χ2n) is 22.7. The van der Waals surface area contributed by atoms with Gasteiger partial charge in [-0.05, 0) is 109 Å². The number of ether oxygens (including phenoxy) is 1. The Morgan fingerprint density at radius 2 is 0.867 bits per heavy atom. The van der Waals surface area contributed by atoms with Crippen LogP contribution in [0.5, 0.6) is 0 Å². The SMILES string of the molecule is CB(O)N[C@@H](Cc1ccc([N+](=O)[O-])cc1)C(=O)O.CB(O)N[C@H](CO)Cc1ccc([N+](=O)[O-])cc1.CC(C)(C)OC(=O)C(=O)n1ccnc1.CC[C@H](NB(C)O)C(=O)N[C@@H](CO)Cc1ccc([N+](=O)[O-])cc1.CC[C@H](NB(C)O)C(=O)N[C@@H](CSC(C)=O)Cc1ccc([N+](=O)[O-])cc1. The Morgan fingerprint density at radius 3 is 1.15 bits per heavy atom. The number of non-ortho nitro benzene ring substituents is 4. The summed E-state index contributed by atoms with van der Waals surface area (Å²) in [6.45, 7) is 15.9. The van der Waals surface area contributed by atoms with Crippen molar-refractivity contribution in [3.63, 3.8) is 0 Å². The molecule has 0 fully saturated rings. The second kappa shape index (κ2) is 45.6. The Morgan fingerprint density at radius 1 is 0.541 bits per heavy atom. The number of amides is 2. The molecule has 1 aromatic heterocycles. The van der Waals surface area contributed by atoms with Gasteiger partial charge in [0.2, 0.25) is 11.8 Å². The average molecular weight is 1390 g/mol. The van der Waals surface area contributed by atoms with Crippen molar-refractivity contribution in [3.05, 3.63) is 178 Å². The number of aliphatic hydroxyl groups excluding tert-OH is 2. The summed E-state index contributed by atoms with van der Waals surface area (Å²) in [5.41, 5.74) is 2.42. The van der Waals surface area contributed by atoms with E-state index in [1.807, 2.05) is 13.8 Å². The summed E-state index contributed by atoms with van der Waals surface area (Å²) in [4.78, 5) is 113. The third-order valence-corrected chi connectivity index (χ3v) is 13.9. The minimum absolute atomic E-state index is 0.000345. The minimum atomic E-state index is -1.09. The molecule has 5 rings (SSSR count). The van der Waals surface area contributed by atoms with E-state index < -0.39 is 95.5 Å². The normalized spacial score (nSPS) is 12.4. The van der Waals surface area contributed by atoms with Crippen LogP contribution in [0.15, 0.2) is 116 Å². The van der Waals surface area contributed by atoms with E-state index in [1.165, 1.54) is 107 Å². The fourth-order valence-electron chi connectivity index (χ4n) is 8.41. The molecule has 0 radical (unpaired) electrons. The van der Waals surface area contributed by atoms with Gasteiger partial charge in [-0.1, -0.05) is 74.1 Å². The summed E-state index contributed by atoms with van der Waals surface area (Å²) in [5, 5.41) is 123. The molecule has 0 spiro atoms. The Kier molecular flexibility index (Phi) is 40.5. The van der Waals surface area contributed by atoms with Crippen LogP contribution in [-0.4, -0.2) is 188 Å². The number of hydrogen-bond donors (Lipinski definition) is 13. The van der Waals surface area contributed by atoms with Crippen molar-refractivity contribution in [2.24, 2.45) is 0 Å². The minimum Gasteiger partial charge on any atom is -0.480 e. The number of carbonyl (C=O) groups excluding carboxylic acids is 5. The van der Waals surface area contributed by atoms with Gasteiger partial charge < -0.3 is 71.7 Å². The molecular formula is C59H86B4N12O22S. The fourth-order valence-corrected chi connectivity index (χ4v) is 9.05. The average Bonchev–Trinajstić information content (AvgIpc) is 1.71. The van der Waals surface area contributed by atoms with Gasteiger partial charge in [-0.3, -0.25) is 69.0 Å². The van der Waals surface area contributed by atoms with Crippen LogP contribution in [0.2, 0.25) is 27.3 Å². The predicted octanol–water partition coefficient (Wildman–Crippen LogP) is 2.83. The highest BCUT2D eigenvalue weighted by Crippen LogP contribution is 2.18. The maximum Gasteiger partial charge on any atom is 0.398 e. The van der Waals surface area contributed by atoms with Crippen molar-refractivity contribution in [2.75, 3.05) is 19.0 Å². The molecule has 0 aliphatic heterocycles. The highest BCUT2D eigenvalue weighted by Gasteiger charge is 2.27. The molecule has 0 unspecified atom stereocenters. The molecule has 6 atom stereocenters. The molecule has 98 heavy (non-hydrogen) atoms. The molecule has 13 N–H and O–H groups in total. The quantitative estimate of drug-likeness (QED) is 0.00997. The monoisotopic (exact) mass is 1390 g/mol. The first-order chi connectivity index (χ1) is 45.9. The lowest BCUT2D eigenvalue weighted by atomic mass is 9.86. The number of nitrogens with one attached hydrogen (secondary N) is 6. The largest absolute Gasteiger partial charge is 0.480 e. The summed E-state index contributed by atoms with van der Waals surface area (Å²) in [6, 6.07) is 20.7. The van der Waals surface area contributed by atoms with E-state index in [-0.39, 0.29) is 71.4 Å². The number of benzene rings is 4. The molecule has 5 aromatic rings. The number of aliphatic hydroxyl groups is 2. The predicted molar refractivity (Wildman–Crippen MR) is 368 cm³/mol. The lowest BCUT2D eigenvalue weighted by molar-refractivity contribution is -0.385. The van der Waals surface area contributed by atoms with Crippen LogP contribution < -0.4 is 31.5 Å². The number of esters is 1. The second-order valence-corrected chi connectivity index (χ2v) is 23.9. The van der Waals surface area contributed by atoms with Crippen molar-refractivity contribution in [3.8, 4) is 0 Å². The number of thioether (sulfide) groups is 1. The van der Waals surface area contributed by atoms with E-state index in [9.17, 15) is 84.4 Å². The first-order valence-electron chi connectivity index (χ1n) is 30.6. The number of rotatable bonds is 31. The van der Waals surface area contributed by atoms with Crippen LogP contribution >= 0.6 is 11.8 Å². The maximum atomic E-state index is 12.4. The highest BCUT2D eigenvalue weighted by molar-refractivity contribution is 8.13. The topological polar surface area (TPSA) is 516 Å². The smallest absolute Gasteiger partial charge is 0.398 e. The molecule has 0 aliphatic rings. The zero-order chi connectivity index (χ0) is 74.4. The number of carboxylic acid groups (broad SMARTS) is 1. The molecule has 2 amide bonds. The Bertz CT molecular complexity index is 3290. The van der Waals surface area contributed by atoms with Crippen LogP contribution in [0, 0.1) is 40.5 Å². The third kappa shape index (κ3) is 37.0. The molecule has 39 heteroatoms. The van der Waals surface area contributed by atoms with Crippen molar-refractivity contribution >= 4 is 97.5 Å². The molecule has 0 saturated heterocycles. The van der Waals surface area contributed by atoms with Gasteiger partial charge in [-0.25, -0.2) is 9.78 Å². The Balaban J connectivity index is 0.000000622. The van der Waals surface area contributed by atoms with Gasteiger partial charge in [0.15, 0.2) is 5.12 Å². The first-order valence-corrected chi connectivity index (χ1v) is 31.5.